The third-order valence-electron chi connectivity index (χ3n) is 4.97. The van der Waals surface area contributed by atoms with Crippen LogP contribution in [0.25, 0.3) is 0 Å². The third-order valence-corrected chi connectivity index (χ3v) is 4.97. The maximum atomic E-state index is 3.79. The molecule has 0 saturated heterocycles. The van der Waals surface area contributed by atoms with Crippen molar-refractivity contribution in [2.45, 2.75) is 52.5 Å². The van der Waals surface area contributed by atoms with Crippen LogP contribution in [0, 0.1) is 16.7 Å². The average Bonchev–Trinajstić information content (AvgIpc) is 2.62. The van der Waals surface area contributed by atoms with Gasteiger partial charge in [-0.2, -0.15) is 0 Å². The predicted octanol–water partition coefficient (Wildman–Crippen LogP) is 3.37. The maximum absolute atomic E-state index is 3.79. The van der Waals surface area contributed by atoms with Crippen molar-refractivity contribution in [2.24, 2.45) is 16.7 Å². The molecule has 86 valence electrons. The highest BCUT2D eigenvalue weighted by Gasteiger charge is 2.58. The number of hydrogen-bond donors (Lipinski definition) is 1. The minimum absolute atomic E-state index is 0.494. The zero-order chi connectivity index (χ0) is 11.1. The van der Waals surface area contributed by atoms with Crippen LogP contribution in [0.2, 0.25) is 0 Å². The lowest BCUT2D eigenvalue weighted by Crippen LogP contribution is -2.50. The minimum atomic E-state index is 0.494. The Morgan fingerprint density at radius 3 is 2.67 bits per heavy atom. The standard InChI is InChI=1S/C14H25N/c1-5-6-9-15-12-13(2,3)11-7-8-14(12,4)10-11/h5,11-12,15H,1,6-10H2,2-4H3. The van der Waals surface area contributed by atoms with Gasteiger partial charge in [0.05, 0.1) is 0 Å². The second kappa shape index (κ2) is 3.62. The molecule has 0 amide bonds. The molecule has 0 radical (unpaired) electrons. The SMILES string of the molecule is C=CCCNC1C2(C)CCC(C2)C1(C)C. The van der Waals surface area contributed by atoms with Crippen LogP contribution in [-0.2, 0) is 0 Å². The fourth-order valence-electron chi connectivity index (χ4n) is 4.14. The summed E-state index contributed by atoms with van der Waals surface area (Å²) in [6.07, 6.45) is 7.41. The van der Waals surface area contributed by atoms with E-state index >= 15 is 0 Å². The van der Waals surface area contributed by atoms with Crippen LogP contribution >= 0.6 is 0 Å². The van der Waals surface area contributed by atoms with E-state index in [-0.39, 0.29) is 0 Å². The summed E-state index contributed by atoms with van der Waals surface area (Å²) < 4.78 is 0. The molecule has 3 atom stereocenters. The summed E-state index contributed by atoms with van der Waals surface area (Å²) in [7, 11) is 0. The Labute approximate surface area is 94.3 Å². The van der Waals surface area contributed by atoms with Gasteiger partial charge in [-0.3, -0.25) is 0 Å². The maximum Gasteiger partial charge on any atom is 0.0175 e. The Kier molecular flexibility index (Phi) is 2.70. The van der Waals surface area contributed by atoms with Crippen LogP contribution in [0.1, 0.15) is 46.5 Å². The van der Waals surface area contributed by atoms with Crippen molar-refractivity contribution in [3.8, 4) is 0 Å². The van der Waals surface area contributed by atoms with Gasteiger partial charge in [-0.1, -0.05) is 26.8 Å². The number of nitrogens with one attached hydrogen (secondary N) is 1. The minimum Gasteiger partial charge on any atom is -0.313 e. The molecule has 2 aliphatic carbocycles. The van der Waals surface area contributed by atoms with Gasteiger partial charge in [0.2, 0.25) is 0 Å². The Hall–Kier alpha value is -0.300. The van der Waals surface area contributed by atoms with Gasteiger partial charge < -0.3 is 5.32 Å². The van der Waals surface area contributed by atoms with Gasteiger partial charge in [0.15, 0.2) is 0 Å². The first-order chi connectivity index (χ1) is 7.00. The van der Waals surface area contributed by atoms with Gasteiger partial charge >= 0.3 is 0 Å². The van der Waals surface area contributed by atoms with Gasteiger partial charge in [0.1, 0.15) is 0 Å². The molecule has 0 aromatic carbocycles. The molecule has 0 aliphatic heterocycles. The smallest absolute Gasteiger partial charge is 0.0175 e. The summed E-state index contributed by atoms with van der Waals surface area (Å²) in [6.45, 7) is 12.3. The highest BCUT2D eigenvalue weighted by Crippen LogP contribution is 2.62. The highest BCUT2D eigenvalue weighted by atomic mass is 15.0. The normalized spacial score (nSPS) is 42.1. The van der Waals surface area contributed by atoms with E-state index in [4.69, 9.17) is 0 Å². The highest BCUT2D eigenvalue weighted by molar-refractivity contribution is 5.11. The second-order valence-corrected chi connectivity index (χ2v) is 6.38. The van der Waals surface area contributed by atoms with Crippen LogP contribution in [0.3, 0.4) is 0 Å². The summed E-state index contributed by atoms with van der Waals surface area (Å²) in [6, 6.07) is 0.712. The monoisotopic (exact) mass is 207 g/mol. The Bertz CT molecular complexity index is 251. The van der Waals surface area contributed by atoms with E-state index in [9.17, 15) is 0 Å². The first-order valence-electron chi connectivity index (χ1n) is 6.35. The van der Waals surface area contributed by atoms with Crippen LogP contribution in [0.4, 0.5) is 0 Å². The van der Waals surface area contributed by atoms with Crippen molar-refractivity contribution in [3.05, 3.63) is 12.7 Å². The van der Waals surface area contributed by atoms with E-state index < -0.39 is 0 Å². The Morgan fingerprint density at radius 2 is 2.13 bits per heavy atom. The number of hydrogen-bond acceptors (Lipinski definition) is 1. The average molecular weight is 207 g/mol. The molecule has 1 heteroatoms. The molecule has 2 saturated carbocycles. The Morgan fingerprint density at radius 1 is 1.40 bits per heavy atom. The van der Waals surface area contributed by atoms with E-state index in [1.165, 1.54) is 19.3 Å². The summed E-state index contributed by atoms with van der Waals surface area (Å²) in [5.74, 6) is 0.948. The fourth-order valence-corrected chi connectivity index (χ4v) is 4.14. The molecule has 2 aliphatic rings. The molecule has 15 heavy (non-hydrogen) atoms. The van der Waals surface area contributed by atoms with Gasteiger partial charge in [0.25, 0.3) is 0 Å². The van der Waals surface area contributed by atoms with E-state index in [1.807, 2.05) is 6.08 Å². The molecular weight excluding hydrogens is 182 g/mol. The van der Waals surface area contributed by atoms with Gasteiger partial charge in [-0.05, 0) is 49.0 Å². The van der Waals surface area contributed by atoms with Crippen LogP contribution < -0.4 is 5.32 Å². The predicted molar refractivity (Wildman–Crippen MR) is 65.8 cm³/mol. The van der Waals surface area contributed by atoms with Gasteiger partial charge in [0, 0.05) is 6.04 Å². The molecule has 1 N–H and O–H groups in total. The lowest BCUT2D eigenvalue weighted by Gasteiger charge is -2.43. The third kappa shape index (κ3) is 1.65. The lowest BCUT2D eigenvalue weighted by atomic mass is 9.68. The summed E-state index contributed by atoms with van der Waals surface area (Å²) >= 11 is 0. The number of rotatable bonds is 4. The van der Waals surface area contributed by atoms with E-state index in [1.54, 1.807) is 0 Å². The molecule has 3 unspecified atom stereocenters. The molecule has 2 rings (SSSR count). The summed E-state index contributed by atoms with van der Waals surface area (Å²) in [5, 5.41) is 3.77. The zero-order valence-electron chi connectivity index (χ0n) is 10.5. The first kappa shape index (κ1) is 11.2. The van der Waals surface area contributed by atoms with Crippen molar-refractivity contribution in [1.82, 2.24) is 5.32 Å². The molecule has 0 heterocycles. The van der Waals surface area contributed by atoms with E-state index in [0.717, 1.165) is 18.9 Å². The molecule has 0 spiro atoms. The van der Waals surface area contributed by atoms with Crippen molar-refractivity contribution < 1.29 is 0 Å². The lowest BCUT2D eigenvalue weighted by molar-refractivity contribution is 0.110. The van der Waals surface area contributed by atoms with Crippen LogP contribution in [-0.4, -0.2) is 12.6 Å². The second-order valence-electron chi connectivity index (χ2n) is 6.38. The quantitative estimate of drug-likeness (QED) is 0.550. The van der Waals surface area contributed by atoms with Gasteiger partial charge in [-0.15, -0.1) is 6.58 Å². The fraction of sp³-hybridized carbons (Fsp3) is 0.857. The molecule has 0 aromatic rings. The molecule has 0 aromatic heterocycles. The van der Waals surface area contributed by atoms with Crippen molar-refractivity contribution in [1.29, 1.82) is 0 Å². The molecule has 2 bridgehead atoms. The molecule has 2 fully saturated rings. The largest absolute Gasteiger partial charge is 0.313 e. The van der Waals surface area contributed by atoms with Crippen molar-refractivity contribution in [2.75, 3.05) is 6.54 Å². The van der Waals surface area contributed by atoms with Gasteiger partial charge in [-0.25, -0.2) is 0 Å². The first-order valence-corrected chi connectivity index (χ1v) is 6.35. The van der Waals surface area contributed by atoms with E-state index in [2.05, 4.69) is 32.7 Å². The van der Waals surface area contributed by atoms with E-state index in [0.29, 0.717) is 16.9 Å². The molecule has 1 nitrogen and oxygen atoms in total. The zero-order valence-corrected chi connectivity index (χ0v) is 10.5. The van der Waals surface area contributed by atoms with Crippen LogP contribution in [0.5, 0.6) is 0 Å². The Balaban J connectivity index is 2.05. The van der Waals surface area contributed by atoms with Crippen molar-refractivity contribution in [3.63, 3.8) is 0 Å². The molecular formula is C14H25N. The number of fused-ring (bicyclic) bond motifs is 2. The summed E-state index contributed by atoms with van der Waals surface area (Å²) in [4.78, 5) is 0. The topological polar surface area (TPSA) is 12.0 Å². The van der Waals surface area contributed by atoms with Crippen LogP contribution in [0.15, 0.2) is 12.7 Å². The van der Waals surface area contributed by atoms with Crippen molar-refractivity contribution >= 4 is 0 Å². The summed E-state index contributed by atoms with van der Waals surface area (Å²) in [5.41, 5.74) is 1.06.